The summed E-state index contributed by atoms with van der Waals surface area (Å²) in [6.07, 6.45) is 10.6. The quantitative estimate of drug-likeness (QED) is 0.312. The van der Waals surface area contributed by atoms with E-state index in [4.69, 9.17) is 0 Å². The van der Waals surface area contributed by atoms with Gasteiger partial charge in [0, 0.05) is 26.0 Å². The first-order chi connectivity index (χ1) is 11.2. The van der Waals surface area contributed by atoms with E-state index in [1.54, 1.807) is 6.20 Å². The lowest BCUT2D eigenvalue weighted by molar-refractivity contribution is -0.0769. The first-order valence-electron chi connectivity index (χ1n) is 8.34. The predicted molar refractivity (Wildman–Crippen MR) is 86.1 cm³/mol. The zero-order valence-corrected chi connectivity index (χ0v) is 15.1. The summed E-state index contributed by atoms with van der Waals surface area (Å²) in [6, 6.07) is 0. The largest absolute Gasteiger partial charge is 0.523 e. The average molecular weight is 372 g/mol. The number of halogens is 3. The summed E-state index contributed by atoms with van der Waals surface area (Å²) in [4.78, 5) is 2.77. The Morgan fingerprint density at radius 1 is 1.00 bits per heavy atom. The molecule has 142 valence electrons. The average Bonchev–Trinajstić information content (AvgIpc) is 2.81. The van der Waals surface area contributed by atoms with Crippen molar-refractivity contribution in [1.82, 2.24) is 9.80 Å². The van der Waals surface area contributed by atoms with E-state index in [1.165, 1.54) is 48.7 Å². The van der Waals surface area contributed by atoms with Crippen LogP contribution >= 0.6 is 0 Å². The second kappa shape index (κ2) is 9.50. The van der Waals surface area contributed by atoms with Gasteiger partial charge in [0.1, 0.15) is 0 Å². The van der Waals surface area contributed by atoms with Crippen molar-refractivity contribution in [3.63, 3.8) is 0 Å². The van der Waals surface area contributed by atoms with Crippen LogP contribution in [0.25, 0.3) is 0 Å². The molecule has 0 aromatic carbocycles. The fourth-order valence-corrected chi connectivity index (χ4v) is 3.06. The third-order valence-electron chi connectivity index (χ3n) is 3.89. The fourth-order valence-electron chi connectivity index (χ4n) is 2.48. The van der Waals surface area contributed by atoms with Gasteiger partial charge in [-0.15, -0.1) is 0 Å². The molecule has 0 N–H and O–H groups in total. The minimum absolute atomic E-state index is 0.452. The van der Waals surface area contributed by atoms with Gasteiger partial charge in [-0.2, -0.15) is 21.6 Å². The van der Waals surface area contributed by atoms with Crippen LogP contribution in [-0.4, -0.2) is 43.7 Å². The van der Waals surface area contributed by atoms with Crippen molar-refractivity contribution in [2.45, 2.75) is 70.2 Å². The van der Waals surface area contributed by atoms with Gasteiger partial charge in [0.25, 0.3) is 0 Å². The zero-order chi connectivity index (χ0) is 18.2. The Balaban J connectivity index is 2.35. The van der Waals surface area contributed by atoms with Gasteiger partial charge in [-0.3, -0.25) is 0 Å². The molecule has 24 heavy (non-hydrogen) atoms. The number of alkyl halides is 3. The summed E-state index contributed by atoms with van der Waals surface area (Å²) in [7, 11) is -4.15. The molecule has 1 rings (SSSR count). The zero-order valence-electron chi connectivity index (χ0n) is 14.3. The van der Waals surface area contributed by atoms with E-state index in [0.29, 0.717) is 6.54 Å². The minimum atomic E-state index is -5.62. The van der Waals surface area contributed by atoms with Crippen LogP contribution in [0.15, 0.2) is 12.4 Å². The monoisotopic (exact) mass is 372 g/mol. The molecule has 5 nitrogen and oxygen atoms in total. The third kappa shape index (κ3) is 6.51. The van der Waals surface area contributed by atoms with Gasteiger partial charge >= 0.3 is 15.6 Å². The van der Waals surface area contributed by atoms with E-state index in [0.717, 1.165) is 25.7 Å². The van der Waals surface area contributed by atoms with Crippen LogP contribution in [0.3, 0.4) is 0 Å². The van der Waals surface area contributed by atoms with Crippen LogP contribution in [0.1, 0.15) is 58.3 Å². The highest BCUT2D eigenvalue weighted by Crippen LogP contribution is 2.28. The van der Waals surface area contributed by atoms with Crippen molar-refractivity contribution in [3.05, 3.63) is 12.4 Å². The van der Waals surface area contributed by atoms with Crippen LogP contribution < -0.4 is 0 Å². The molecule has 1 aliphatic heterocycles. The normalized spacial score (nSPS) is 18.6. The number of hydrogen-bond donors (Lipinski definition) is 0. The van der Waals surface area contributed by atoms with Crippen LogP contribution in [0.2, 0.25) is 0 Å². The Morgan fingerprint density at radius 2 is 1.54 bits per heavy atom. The predicted octanol–water partition coefficient (Wildman–Crippen LogP) is 4.00. The lowest BCUT2D eigenvalue weighted by atomic mass is 10.1. The number of hydrogen-bond acceptors (Lipinski definition) is 5. The molecule has 0 spiro atoms. The summed E-state index contributed by atoms with van der Waals surface area (Å²) in [5.41, 5.74) is -5.42. The molecule has 0 fully saturated rings. The number of unbranched alkanes of at least 4 members (excludes halogenated alkanes) is 7. The molecule has 0 radical (unpaired) electrons. The standard InChI is InChI=1S/C15H27F3N2O3S/c1-3-4-5-6-7-8-9-10-11-20-13-12-19(2)14(20)23-24(21,22)15(16,17)18/h12-14H,3-11H2,1-2H3. The molecule has 1 atom stereocenters. The SMILES string of the molecule is CCCCCCCCCCN1C=CN(C)C1OS(=O)(=O)C(F)(F)F. The molecule has 0 bridgehead atoms. The van der Waals surface area contributed by atoms with Gasteiger partial charge in [-0.1, -0.05) is 51.9 Å². The first-order valence-corrected chi connectivity index (χ1v) is 9.75. The molecule has 0 aromatic rings. The molecule has 0 amide bonds. The molecule has 1 aliphatic rings. The number of nitrogens with zero attached hydrogens (tertiary/aromatic N) is 2. The van der Waals surface area contributed by atoms with E-state index in [9.17, 15) is 21.6 Å². The highest BCUT2D eigenvalue weighted by Gasteiger charge is 2.50. The van der Waals surface area contributed by atoms with Gasteiger partial charge < -0.3 is 9.80 Å². The Hall–Kier alpha value is -0.960. The maximum atomic E-state index is 12.5. The minimum Gasteiger partial charge on any atom is -0.336 e. The van der Waals surface area contributed by atoms with Gasteiger partial charge in [0.15, 0.2) is 0 Å². The summed E-state index contributed by atoms with van der Waals surface area (Å²) in [6.45, 7) is 2.62. The highest BCUT2D eigenvalue weighted by atomic mass is 32.2. The van der Waals surface area contributed by atoms with Crippen molar-refractivity contribution in [3.8, 4) is 0 Å². The Kier molecular flexibility index (Phi) is 8.35. The van der Waals surface area contributed by atoms with Crippen molar-refractivity contribution in [2.24, 2.45) is 0 Å². The lowest BCUT2D eigenvalue weighted by Gasteiger charge is -2.29. The van der Waals surface area contributed by atoms with E-state index in [1.807, 2.05) is 0 Å². The second-order valence-electron chi connectivity index (χ2n) is 6.00. The third-order valence-corrected chi connectivity index (χ3v) is 4.88. The maximum Gasteiger partial charge on any atom is 0.523 e. The highest BCUT2D eigenvalue weighted by molar-refractivity contribution is 7.87. The molecular weight excluding hydrogens is 345 g/mol. The molecule has 0 saturated carbocycles. The van der Waals surface area contributed by atoms with Crippen LogP contribution in [0.4, 0.5) is 13.2 Å². The Bertz CT molecular complexity index is 495. The molecule has 9 heteroatoms. The number of rotatable bonds is 11. The molecule has 1 unspecified atom stereocenters. The van der Waals surface area contributed by atoms with Crippen molar-refractivity contribution in [2.75, 3.05) is 13.6 Å². The van der Waals surface area contributed by atoms with E-state index in [2.05, 4.69) is 11.1 Å². The van der Waals surface area contributed by atoms with Crippen molar-refractivity contribution < 1.29 is 25.8 Å². The molecule has 0 aromatic heterocycles. The fraction of sp³-hybridized carbons (Fsp3) is 0.867. The van der Waals surface area contributed by atoms with Crippen molar-refractivity contribution >= 4 is 10.1 Å². The van der Waals surface area contributed by atoms with Gasteiger partial charge in [-0.25, -0.2) is 4.18 Å². The van der Waals surface area contributed by atoms with Crippen LogP contribution in [0, 0.1) is 0 Å². The summed E-state index contributed by atoms with van der Waals surface area (Å²) < 4.78 is 64.0. The van der Waals surface area contributed by atoms with Crippen LogP contribution in [0.5, 0.6) is 0 Å². The summed E-state index contributed by atoms with van der Waals surface area (Å²) >= 11 is 0. The van der Waals surface area contributed by atoms with E-state index in [-0.39, 0.29) is 0 Å². The first kappa shape index (κ1) is 21.1. The second-order valence-corrected chi connectivity index (χ2v) is 7.56. The van der Waals surface area contributed by atoms with Gasteiger partial charge in [-0.05, 0) is 6.42 Å². The molecular formula is C15H27F3N2O3S. The maximum absolute atomic E-state index is 12.5. The molecule has 1 heterocycles. The topological polar surface area (TPSA) is 49.9 Å². The Labute approximate surface area is 142 Å². The summed E-state index contributed by atoms with van der Waals surface area (Å²) in [5, 5.41) is 0. The molecule has 0 saturated heterocycles. The lowest BCUT2D eigenvalue weighted by Crippen LogP contribution is -2.43. The summed E-state index contributed by atoms with van der Waals surface area (Å²) in [5.74, 6) is 0. The van der Waals surface area contributed by atoms with E-state index >= 15 is 0 Å². The van der Waals surface area contributed by atoms with Crippen LogP contribution in [-0.2, 0) is 14.3 Å². The smallest absolute Gasteiger partial charge is 0.336 e. The van der Waals surface area contributed by atoms with Gasteiger partial charge in [0.05, 0.1) is 0 Å². The molecule has 0 aliphatic carbocycles. The van der Waals surface area contributed by atoms with Gasteiger partial charge in [0.2, 0.25) is 6.35 Å². The Morgan fingerprint density at radius 3 is 2.08 bits per heavy atom. The van der Waals surface area contributed by atoms with Crippen molar-refractivity contribution in [1.29, 1.82) is 0 Å². The van der Waals surface area contributed by atoms with E-state index < -0.39 is 22.0 Å².